The zero-order valence-corrected chi connectivity index (χ0v) is 14.3. The van der Waals surface area contributed by atoms with Gasteiger partial charge in [0.05, 0.1) is 5.69 Å². The van der Waals surface area contributed by atoms with Gasteiger partial charge in [0.25, 0.3) is 0 Å². The minimum atomic E-state index is -0.316. The summed E-state index contributed by atoms with van der Waals surface area (Å²) in [5, 5.41) is 7.88. The van der Waals surface area contributed by atoms with Crippen molar-refractivity contribution in [1.29, 1.82) is 0 Å². The summed E-state index contributed by atoms with van der Waals surface area (Å²) in [6.45, 7) is 6.11. The summed E-state index contributed by atoms with van der Waals surface area (Å²) in [5.74, 6) is -0.291. The molecule has 0 atom stereocenters. The average molecular weight is 344 g/mol. The Labute approximate surface area is 145 Å². The number of nitrogens with zero attached hydrogens (tertiary/aromatic N) is 2. The third-order valence-corrected chi connectivity index (χ3v) is 4.00. The van der Waals surface area contributed by atoms with E-state index in [4.69, 9.17) is 0 Å². The first kappa shape index (κ1) is 17.7. The van der Waals surface area contributed by atoms with E-state index in [0.29, 0.717) is 11.7 Å². The van der Waals surface area contributed by atoms with Gasteiger partial charge in [-0.2, -0.15) is 0 Å². The fraction of sp³-hybridized carbons (Fsp3) is 0.235. The Hall–Kier alpha value is -2.67. The molecule has 0 saturated carbocycles. The van der Waals surface area contributed by atoms with Crippen molar-refractivity contribution in [3.05, 3.63) is 59.6 Å². The summed E-state index contributed by atoms with van der Waals surface area (Å²) in [5.41, 5.74) is 1.84. The highest BCUT2D eigenvalue weighted by Crippen LogP contribution is 2.14. The number of aromatic nitrogens is 1. The van der Waals surface area contributed by atoms with Gasteiger partial charge < -0.3 is 15.5 Å². The molecule has 0 radical (unpaired) electrons. The first-order valence-corrected chi connectivity index (χ1v) is 8.36. The van der Waals surface area contributed by atoms with Crippen molar-refractivity contribution >= 4 is 28.4 Å². The molecule has 0 saturated heterocycles. The molecular weight excluding hydrogens is 324 g/mol. The van der Waals surface area contributed by atoms with Crippen LogP contribution in [0.25, 0.3) is 0 Å². The minimum Gasteiger partial charge on any atom is -0.334 e. The number of benzene rings is 1. The van der Waals surface area contributed by atoms with E-state index in [1.807, 2.05) is 42.6 Å². The highest BCUT2D eigenvalue weighted by Gasteiger charge is 2.16. The molecule has 2 N–H and O–H groups in total. The molecule has 0 aliphatic heterocycles. The third kappa shape index (κ3) is 5.51. The molecule has 3 amide bonds. The highest BCUT2D eigenvalue weighted by atomic mass is 32.1. The van der Waals surface area contributed by atoms with Crippen molar-refractivity contribution < 1.29 is 9.59 Å². The second kappa shape index (κ2) is 8.83. The minimum absolute atomic E-state index is 0.0642. The second-order valence-electron chi connectivity index (χ2n) is 5.16. The van der Waals surface area contributed by atoms with Gasteiger partial charge in [0.1, 0.15) is 6.54 Å². The van der Waals surface area contributed by atoms with Crippen molar-refractivity contribution in [3.8, 4) is 0 Å². The molecule has 2 rings (SSSR count). The van der Waals surface area contributed by atoms with Crippen LogP contribution in [0.2, 0.25) is 0 Å². The normalized spacial score (nSPS) is 10.0. The Bertz CT molecular complexity index is 700. The lowest BCUT2D eigenvalue weighted by molar-refractivity contribution is -0.116. The van der Waals surface area contributed by atoms with E-state index >= 15 is 0 Å². The molecule has 6 nitrogen and oxygen atoms in total. The number of urea groups is 1. The molecule has 0 bridgehead atoms. The number of anilines is 1. The zero-order chi connectivity index (χ0) is 17.4. The molecule has 0 fully saturated rings. The zero-order valence-electron chi connectivity index (χ0n) is 13.5. The van der Waals surface area contributed by atoms with Crippen molar-refractivity contribution in [3.63, 3.8) is 0 Å². The van der Waals surface area contributed by atoms with Gasteiger partial charge in [-0.25, -0.2) is 9.78 Å². The van der Waals surface area contributed by atoms with Crippen LogP contribution in [0, 0.1) is 6.92 Å². The lowest BCUT2D eigenvalue weighted by Crippen LogP contribution is -2.43. The first-order chi connectivity index (χ1) is 11.6. The number of carbonyl (C=O) groups is 2. The Morgan fingerprint density at radius 2 is 2.08 bits per heavy atom. The summed E-state index contributed by atoms with van der Waals surface area (Å²) >= 11 is 1.35. The van der Waals surface area contributed by atoms with Gasteiger partial charge in [-0.15, -0.1) is 17.9 Å². The monoisotopic (exact) mass is 344 g/mol. The summed E-state index contributed by atoms with van der Waals surface area (Å²) in [7, 11) is 0. The highest BCUT2D eigenvalue weighted by molar-refractivity contribution is 7.13. The van der Waals surface area contributed by atoms with Gasteiger partial charge in [-0.05, 0) is 12.5 Å². The lowest BCUT2D eigenvalue weighted by Gasteiger charge is -2.20. The van der Waals surface area contributed by atoms with E-state index < -0.39 is 0 Å². The largest absolute Gasteiger partial charge is 0.334 e. The molecule has 0 unspecified atom stereocenters. The van der Waals surface area contributed by atoms with E-state index in [1.54, 1.807) is 6.08 Å². The third-order valence-electron chi connectivity index (χ3n) is 3.12. The quantitative estimate of drug-likeness (QED) is 0.759. The summed E-state index contributed by atoms with van der Waals surface area (Å²) in [4.78, 5) is 29.9. The molecule has 0 spiro atoms. The van der Waals surface area contributed by atoms with Crippen LogP contribution in [0.15, 0.2) is 48.4 Å². The van der Waals surface area contributed by atoms with Gasteiger partial charge >= 0.3 is 6.03 Å². The standard InChI is InChI=1S/C17H20N4O2S/c1-3-9-21(11-15(22)20-16-19-13(2)12-24-16)17(23)18-10-14-7-5-4-6-8-14/h3-8,12H,1,9-11H2,2H3,(H,18,23)(H,19,20,22). The van der Waals surface area contributed by atoms with E-state index in [1.165, 1.54) is 16.2 Å². The summed E-state index contributed by atoms with van der Waals surface area (Å²) in [6, 6.07) is 9.27. The van der Waals surface area contributed by atoms with Crippen molar-refractivity contribution in [2.24, 2.45) is 0 Å². The topological polar surface area (TPSA) is 74.3 Å². The van der Waals surface area contributed by atoms with E-state index in [9.17, 15) is 9.59 Å². The van der Waals surface area contributed by atoms with Crippen molar-refractivity contribution in [2.75, 3.05) is 18.4 Å². The molecule has 126 valence electrons. The van der Waals surface area contributed by atoms with Gasteiger partial charge in [0.2, 0.25) is 5.91 Å². The average Bonchev–Trinajstić information content (AvgIpc) is 2.98. The maximum Gasteiger partial charge on any atom is 0.318 e. The van der Waals surface area contributed by atoms with Crippen LogP contribution in [-0.2, 0) is 11.3 Å². The number of aryl methyl sites for hydroxylation is 1. The summed E-state index contributed by atoms with van der Waals surface area (Å²) < 4.78 is 0. The Morgan fingerprint density at radius 3 is 2.71 bits per heavy atom. The van der Waals surface area contributed by atoms with Crippen molar-refractivity contribution in [2.45, 2.75) is 13.5 Å². The number of hydrogen-bond donors (Lipinski definition) is 2. The fourth-order valence-corrected chi connectivity index (χ4v) is 2.71. The Morgan fingerprint density at radius 1 is 1.33 bits per heavy atom. The second-order valence-corrected chi connectivity index (χ2v) is 6.01. The molecule has 2 aromatic rings. The maximum absolute atomic E-state index is 12.3. The number of carbonyl (C=O) groups excluding carboxylic acids is 2. The van der Waals surface area contributed by atoms with Crippen LogP contribution in [0.5, 0.6) is 0 Å². The number of thiazole rings is 1. The molecule has 7 heteroatoms. The predicted octanol–water partition coefficient (Wildman–Crippen LogP) is 2.79. The fourth-order valence-electron chi connectivity index (χ4n) is 2.00. The van der Waals surface area contributed by atoms with Gasteiger partial charge in [0.15, 0.2) is 5.13 Å². The smallest absolute Gasteiger partial charge is 0.318 e. The predicted molar refractivity (Wildman–Crippen MR) is 95.9 cm³/mol. The molecule has 1 aromatic heterocycles. The maximum atomic E-state index is 12.3. The SMILES string of the molecule is C=CCN(CC(=O)Nc1nc(C)cs1)C(=O)NCc1ccccc1. The first-order valence-electron chi connectivity index (χ1n) is 7.48. The molecule has 24 heavy (non-hydrogen) atoms. The van der Waals surface area contributed by atoms with E-state index in [0.717, 1.165) is 11.3 Å². The van der Waals surface area contributed by atoms with E-state index in [-0.39, 0.29) is 25.0 Å². The summed E-state index contributed by atoms with van der Waals surface area (Å²) in [6.07, 6.45) is 1.59. The Balaban J connectivity index is 1.88. The Kier molecular flexibility index (Phi) is 6.51. The van der Waals surface area contributed by atoms with Crippen LogP contribution in [0.3, 0.4) is 0 Å². The van der Waals surface area contributed by atoms with Crippen molar-refractivity contribution in [1.82, 2.24) is 15.2 Å². The van der Waals surface area contributed by atoms with Crippen LogP contribution >= 0.6 is 11.3 Å². The molecular formula is C17H20N4O2S. The van der Waals surface area contributed by atoms with Crippen LogP contribution in [-0.4, -0.2) is 34.9 Å². The van der Waals surface area contributed by atoms with Gasteiger partial charge in [-0.3, -0.25) is 4.79 Å². The van der Waals surface area contributed by atoms with Gasteiger partial charge in [0, 0.05) is 18.5 Å². The number of amides is 3. The number of nitrogens with one attached hydrogen (secondary N) is 2. The molecule has 0 aliphatic rings. The van der Waals surface area contributed by atoms with Crippen LogP contribution in [0.1, 0.15) is 11.3 Å². The lowest BCUT2D eigenvalue weighted by atomic mass is 10.2. The number of rotatable bonds is 7. The molecule has 1 heterocycles. The van der Waals surface area contributed by atoms with E-state index in [2.05, 4.69) is 22.2 Å². The van der Waals surface area contributed by atoms with Crippen LogP contribution in [0.4, 0.5) is 9.93 Å². The van der Waals surface area contributed by atoms with Gasteiger partial charge in [-0.1, -0.05) is 36.4 Å². The number of hydrogen-bond acceptors (Lipinski definition) is 4. The van der Waals surface area contributed by atoms with Crippen LogP contribution < -0.4 is 10.6 Å². The molecule has 1 aromatic carbocycles. The molecule has 0 aliphatic carbocycles.